The molecule has 2 aliphatic rings. The van der Waals surface area contributed by atoms with Crippen molar-refractivity contribution in [2.75, 3.05) is 19.6 Å². The summed E-state index contributed by atoms with van der Waals surface area (Å²) in [5.41, 5.74) is 0. The van der Waals surface area contributed by atoms with E-state index in [0.29, 0.717) is 10.8 Å². The zero-order chi connectivity index (χ0) is 10.9. The average molecular weight is 214 g/mol. The van der Waals surface area contributed by atoms with Crippen LogP contribution >= 0.6 is 0 Å². The molecular formula is C11H24N3O+. The van der Waals surface area contributed by atoms with E-state index in [2.05, 4.69) is 13.8 Å². The van der Waals surface area contributed by atoms with Crippen molar-refractivity contribution in [3.05, 3.63) is 0 Å². The van der Waals surface area contributed by atoms with Gasteiger partial charge in [0.2, 0.25) is 0 Å². The van der Waals surface area contributed by atoms with E-state index in [-0.39, 0.29) is 0 Å². The predicted molar refractivity (Wildman–Crippen MR) is 59.1 cm³/mol. The molecule has 0 spiro atoms. The minimum Gasteiger partial charge on any atom is -0.146 e. The third-order valence-corrected chi connectivity index (χ3v) is 3.79. The predicted octanol–water partition coefficient (Wildman–Crippen LogP) is 1.44. The van der Waals surface area contributed by atoms with Gasteiger partial charge in [-0.15, -0.1) is 10.9 Å². The number of nitrogens with two attached hydrogens (primary N) is 1. The molecule has 0 saturated carbocycles. The van der Waals surface area contributed by atoms with Crippen LogP contribution in [0.25, 0.3) is 0 Å². The van der Waals surface area contributed by atoms with Crippen molar-refractivity contribution in [1.82, 2.24) is 5.06 Å². The minimum atomic E-state index is 0.329. The highest BCUT2D eigenvalue weighted by Gasteiger charge is 2.49. The van der Waals surface area contributed by atoms with Gasteiger partial charge < -0.3 is 0 Å². The van der Waals surface area contributed by atoms with E-state index in [1.54, 1.807) is 0 Å². The van der Waals surface area contributed by atoms with Crippen molar-refractivity contribution in [1.29, 1.82) is 0 Å². The number of quaternary nitrogens is 1. The standard InChI is InChI=1S/C11H24N3O/c1-3-5-10-8-13(9-10)15-14(12)7-6-11(14)4-2/h10-11H,3-9,12H2,1-2H3/q+1. The molecule has 2 fully saturated rings. The Morgan fingerprint density at radius 1 is 1.40 bits per heavy atom. The maximum atomic E-state index is 6.16. The molecule has 2 N–H and O–H groups in total. The van der Waals surface area contributed by atoms with Crippen LogP contribution in [0.3, 0.4) is 0 Å². The normalized spacial score (nSPS) is 37.4. The van der Waals surface area contributed by atoms with Crippen LogP contribution in [0.4, 0.5) is 0 Å². The van der Waals surface area contributed by atoms with Crippen molar-refractivity contribution in [2.45, 2.75) is 45.6 Å². The van der Waals surface area contributed by atoms with Crippen LogP contribution < -0.4 is 5.84 Å². The molecule has 0 aromatic heterocycles. The average Bonchev–Trinajstić information content (AvgIpc) is 2.13. The van der Waals surface area contributed by atoms with Crippen LogP contribution in [0.1, 0.15) is 39.5 Å². The van der Waals surface area contributed by atoms with Gasteiger partial charge in [-0.2, -0.15) is 0 Å². The van der Waals surface area contributed by atoms with Gasteiger partial charge in [0.1, 0.15) is 12.6 Å². The van der Waals surface area contributed by atoms with Crippen molar-refractivity contribution in [3.8, 4) is 0 Å². The van der Waals surface area contributed by atoms with Crippen molar-refractivity contribution in [2.24, 2.45) is 11.8 Å². The first-order valence-electron chi connectivity index (χ1n) is 6.29. The molecule has 88 valence electrons. The Labute approximate surface area is 92.4 Å². The zero-order valence-corrected chi connectivity index (χ0v) is 9.98. The third kappa shape index (κ3) is 2.18. The molecule has 0 aromatic carbocycles. The van der Waals surface area contributed by atoms with Gasteiger partial charge >= 0.3 is 0 Å². The summed E-state index contributed by atoms with van der Waals surface area (Å²) in [6.07, 6.45) is 4.92. The van der Waals surface area contributed by atoms with Crippen molar-refractivity contribution in [3.63, 3.8) is 0 Å². The smallest absolute Gasteiger partial charge is 0.145 e. The fraction of sp³-hybridized carbons (Fsp3) is 1.00. The Morgan fingerprint density at radius 2 is 2.13 bits per heavy atom. The largest absolute Gasteiger partial charge is 0.146 e. The Morgan fingerprint density at radius 3 is 2.60 bits per heavy atom. The molecule has 2 atom stereocenters. The summed E-state index contributed by atoms with van der Waals surface area (Å²) in [6, 6.07) is 0.509. The summed E-state index contributed by atoms with van der Waals surface area (Å²) in [4.78, 5) is 5.84. The minimum absolute atomic E-state index is 0.329. The van der Waals surface area contributed by atoms with Gasteiger partial charge in [-0.05, 0) is 12.3 Å². The van der Waals surface area contributed by atoms with Crippen LogP contribution in [0, 0.1) is 5.92 Å². The molecule has 2 unspecified atom stereocenters. The number of hydrogen-bond acceptors (Lipinski definition) is 3. The molecule has 0 aliphatic carbocycles. The van der Waals surface area contributed by atoms with Crippen LogP contribution in [0.15, 0.2) is 0 Å². The molecule has 4 nitrogen and oxygen atoms in total. The van der Waals surface area contributed by atoms with Gasteiger partial charge in [-0.25, -0.2) is 0 Å². The second kappa shape index (κ2) is 4.37. The van der Waals surface area contributed by atoms with E-state index in [9.17, 15) is 0 Å². The Balaban J connectivity index is 1.70. The first-order valence-corrected chi connectivity index (χ1v) is 6.29. The second-order valence-corrected chi connectivity index (χ2v) is 5.01. The number of rotatable bonds is 5. The summed E-state index contributed by atoms with van der Waals surface area (Å²) < 4.78 is 0.329. The van der Waals surface area contributed by atoms with Gasteiger partial charge in [0.25, 0.3) is 0 Å². The van der Waals surface area contributed by atoms with Gasteiger partial charge in [0, 0.05) is 19.5 Å². The van der Waals surface area contributed by atoms with Crippen molar-refractivity contribution < 1.29 is 9.69 Å². The maximum absolute atomic E-state index is 6.16. The Hall–Kier alpha value is -0.160. The summed E-state index contributed by atoms with van der Waals surface area (Å²) in [5, 5.41) is 2.04. The topological polar surface area (TPSA) is 38.5 Å². The maximum Gasteiger partial charge on any atom is 0.145 e. The lowest BCUT2D eigenvalue weighted by atomic mass is 9.97. The molecule has 0 radical (unpaired) electrons. The molecule has 15 heavy (non-hydrogen) atoms. The molecule has 0 aromatic rings. The first-order chi connectivity index (χ1) is 7.18. The lowest BCUT2D eigenvalue weighted by molar-refractivity contribution is -1.19. The Kier molecular flexibility index (Phi) is 3.30. The monoisotopic (exact) mass is 214 g/mol. The van der Waals surface area contributed by atoms with Crippen LogP contribution in [0.5, 0.6) is 0 Å². The van der Waals surface area contributed by atoms with Crippen LogP contribution in [-0.2, 0) is 4.94 Å². The summed E-state index contributed by atoms with van der Waals surface area (Å²) in [5.74, 6) is 7.00. The highest BCUT2D eigenvalue weighted by molar-refractivity contribution is 4.73. The molecule has 0 bridgehead atoms. The van der Waals surface area contributed by atoms with E-state index in [4.69, 9.17) is 10.8 Å². The molecule has 4 heteroatoms. The number of hydroxylamine groups is 4. The lowest BCUT2D eigenvalue weighted by Crippen LogP contribution is -2.72. The Bertz CT molecular complexity index is 216. The molecule has 2 aliphatic heterocycles. The fourth-order valence-corrected chi connectivity index (χ4v) is 2.58. The third-order valence-electron chi connectivity index (χ3n) is 3.79. The first kappa shape index (κ1) is 11.3. The highest BCUT2D eigenvalue weighted by Crippen LogP contribution is 2.30. The van der Waals surface area contributed by atoms with Crippen molar-refractivity contribution >= 4 is 0 Å². The van der Waals surface area contributed by atoms with Gasteiger partial charge in [0.05, 0.1) is 6.42 Å². The van der Waals surface area contributed by atoms with E-state index in [1.807, 2.05) is 5.06 Å². The van der Waals surface area contributed by atoms with Gasteiger partial charge in [-0.1, -0.05) is 30.0 Å². The summed E-state index contributed by atoms with van der Waals surface area (Å²) in [7, 11) is 0. The van der Waals surface area contributed by atoms with Gasteiger partial charge in [-0.3, -0.25) is 0 Å². The molecule has 0 amide bonds. The zero-order valence-electron chi connectivity index (χ0n) is 9.98. The summed E-state index contributed by atoms with van der Waals surface area (Å²) >= 11 is 0. The summed E-state index contributed by atoms with van der Waals surface area (Å²) in [6.45, 7) is 7.53. The second-order valence-electron chi connectivity index (χ2n) is 5.01. The molecule has 2 rings (SSSR count). The molecule has 2 heterocycles. The fourth-order valence-electron chi connectivity index (χ4n) is 2.58. The SMILES string of the molecule is CCCC1CN(O[N+]2(N)CCC2CC)C1. The quantitative estimate of drug-likeness (QED) is 0.556. The van der Waals surface area contributed by atoms with Crippen LogP contribution in [0.2, 0.25) is 0 Å². The number of hydrogen-bond donors (Lipinski definition) is 1. The number of nitrogens with zero attached hydrogens (tertiary/aromatic N) is 2. The lowest BCUT2D eigenvalue weighted by Gasteiger charge is -2.48. The van der Waals surface area contributed by atoms with E-state index in [0.717, 1.165) is 32.0 Å². The highest BCUT2D eigenvalue weighted by atomic mass is 16.9. The van der Waals surface area contributed by atoms with E-state index in [1.165, 1.54) is 19.3 Å². The van der Waals surface area contributed by atoms with Gasteiger partial charge in [0.15, 0.2) is 0 Å². The van der Waals surface area contributed by atoms with E-state index >= 15 is 0 Å². The molecule has 2 saturated heterocycles. The van der Waals surface area contributed by atoms with Crippen LogP contribution in [-0.4, -0.2) is 35.5 Å². The van der Waals surface area contributed by atoms with E-state index < -0.39 is 0 Å². The molecular weight excluding hydrogens is 190 g/mol.